The summed E-state index contributed by atoms with van der Waals surface area (Å²) in [6.45, 7) is 0. The monoisotopic (exact) mass is 347 g/mol. The van der Waals surface area contributed by atoms with Crippen molar-refractivity contribution in [3.05, 3.63) is 78.1 Å². The van der Waals surface area contributed by atoms with Gasteiger partial charge in [0.1, 0.15) is 11.4 Å². The Bertz CT molecular complexity index is 862. The first-order valence-corrected chi connectivity index (χ1v) is 7.82. The van der Waals surface area contributed by atoms with Crippen LogP contribution in [0.3, 0.4) is 0 Å². The molecule has 0 radical (unpaired) electrons. The molecule has 2 aromatic carbocycles. The number of nitrogens with two attached hydrogens (primary N) is 2. The van der Waals surface area contributed by atoms with Crippen LogP contribution in [0.25, 0.3) is 0 Å². The number of carbonyl (C=O) groups is 2. The zero-order valence-corrected chi connectivity index (χ0v) is 13.8. The largest absolute Gasteiger partial charge is 0.399 e. The van der Waals surface area contributed by atoms with E-state index in [0.717, 1.165) is 0 Å². The Labute approximate surface area is 150 Å². The summed E-state index contributed by atoms with van der Waals surface area (Å²) in [5.74, 6) is -0.839. The van der Waals surface area contributed by atoms with Crippen LogP contribution in [0.5, 0.6) is 0 Å². The van der Waals surface area contributed by atoms with E-state index in [9.17, 15) is 9.59 Å². The van der Waals surface area contributed by atoms with Crippen molar-refractivity contribution in [3.63, 3.8) is 0 Å². The fourth-order valence-electron chi connectivity index (χ4n) is 2.21. The van der Waals surface area contributed by atoms with E-state index in [2.05, 4.69) is 15.6 Å². The van der Waals surface area contributed by atoms with Crippen LogP contribution in [-0.4, -0.2) is 16.8 Å². The molecule has 0 fully saturated rings. The number of amides is 2. The van der Waals surface area contributed by atoms with E-state index in [1.165, 1.54) is 12.1 Å². The molecule has 130 valence electrons. The number of hydrogen-bond donors (Lipinski definition) is 4. The van der Waals surface area contributed by atoms with E-state index in [4.69, 9.17) is 11.5 Å². The Morgan fingerprint density at radius 3 is 1.42 bits per heavy atom. The lowest BCUT2D eigenvalue weighted by atomic mass is 10.2. The van der Waals surface area contributed by atoms with Gasteiger partial charge in [0.15, 0.2) is 0 Å². The van der Waals surface area contributed by atoms with Crippen LogP contribution in [0, 0.1) is 0 Å². The summed E-state index contributed by atoms with van der Waals surface area (Å²) >= 11 is 0. The number of nitrogens with zero attached hydrogens (tertiary/aromatic N) is 1. The molecular formula is C19H17N5O2. The molecule has 0 saturated heterocycles. The van der Waals surface area contributed by atoms with Crippen molar-refractivity contribution >= 4 is 34.6 Å². The Morgan fingerprint density at radius 2 is 1.04 bits per heavy atom. The van der Waals surface area contributed by atoms with Crippen LogP contribution < -0.4 is 22.1 Å². The first kappa shape index (κ1) is 17.0. The van der Waals surface area contributed by atoms with E-state index in [1.807, 2.05) is 0 Å². The minimum atomic E-state index is -0.420. The standard InChI is InChI=1S/C19H17N5O2/c20-12-4-8-14(9-5-12)22-18(25)16-2-1-3-17(24-16)19(26)23-15-10-6-13(21)7-11-15/h1-11H,20-21H2,(H,22,25)(H,23,26). The van der Waals surface area contributed by atoms with Crippen molar-refractivity contribution in [2.45, 2.75) is 0 Å². The number of nitrogen functional groups attached to an aromatic ring is 2. The van der Waals surface area contributed by atoms with Crippen molar-refractivity contribution < 1.29 is 9.59 Å². The van der Waals surface area contributed by atoms with Crippen molar-refractivity contribution in [1.82, 2.24) is 4.98 Å². The number of pyridine rings is 1. The highest BCUT2D eigenvalue weighted by molar-refractivity contribution is 6.06. The van der Waals surface area contributed by atoms with Gasteiger partial charge in [-0.05, 0) is 60.7 Å². The summed E-state index contributed by atoms with van der Waals surface area (Å²) in [5, 5.41) is 5.41. The van der Waals surface area contributed by atoms with Crippen molar-refractivity contribution in [1.29, 1.82) is 0 Å². The Hall–Kier alpha value is -3.87. The van der Waals surface area contributed by atoms with Gasteiger partial charge in [-0.25, -0.2) is 4.98 Å². The lowest BCUT2D eigenvalue weighted by molar-refractivity contribution is 0.101. The van der Waals surface area contributed by atoms with E-state index in [0.29, 0.717) is 22.7 Å². The molecule has 0 unspecified atom stereocenters. The Morgan fingerprint density at radius 1 is 0.654 bits per heavy atom. The Balaban J connectivity index is 1.72. The number of nitrogens with one attached hydrogen (secondary N) is 2. The maximum atomic E-state index is 12.3. The second-order valence-corrected chi connectivity index (χ2v) is 5.56. The van der Waals surface area contributed by atoms with Gasteiger partial charge < -0.3 is 22.1 Å². The molecule has 7 nitrogen and oxygen atoms in total. The summed E-state index contributed by atoms with van der Waals surface area (Å²) in [6.07, 6.45) is 0. The number of carbonyl (C=O) groups excluding carboxylic acids is 2. The molecule has 0 aliphatic carbocycles. The van der Waals surface area contributed by atoms with Crippen LogP contribution in [0.1, 0.15) is 21.0 Å². The van der Waals surface area contributed by atoms with Gasteiger partial charge in [-0.15, -0.1) is 0 Å². The number of hydrogen-bond acceptors (Lipinski definition) is 5. The molecule has 0 saturated carbocycles. The minimum absolute atomic E-state index is 0.131. The maximum absolute atomic E-state index is 12.3. The molecule has 0 atom stereocenters. The second kappa shape index (κ2) is 7.35. The summed E-state index contributed by atoms with van der Waals surface area (Å²) in [4.78, 5) is 28.8. The molecule has 0 spiro atoms. The lowest BCUT2D eigenvalue weighted by Gasteiger charge is -2.08. The van der Waals surface area contributed by atoms with Crippen LogP contribution in [0.2, 0.25) is 0 Å². The highest BCUT2D eigenvalue weighted by Gasteiger charge is 2.13. The van der Waals surface area contributed by atoms with Crippen molar-refractivity contribution in [3.8, 4) is 0 Å². The number of anilines is 4. The number of aromatic nitrogens is 1. The van der Waals surface area contributed by atoms with Crippen LogP contribution in [-0.2, 0) is 0 Å². The van der Waals surface area contributed by atoms with Crippen molar-refractivity contribution in [2.75, 3.05) is 22.1 Å². The summed E-state index contributed by atoms with van der Waals surface area (Å²) in [5.41, 5.74) is 13.9. The molecule has 3 rings (SSSR count). The zero-order valence-electron chi connectivity index (χ0n) is 13.8. The molecule has 3 aromatic rings. The van der Waals surface area contributed by atoms with Gasteiger partial charge in [0.2, 0.25) is 0 Å². The van der Waals surface area contributed by atoms with Crippen LogP contribution in [0.15, 0.2) is 66.7 Å². The molecule has 0 aliphatic rings. The fraction of sp³-hybridized carbons (Fsp3) is 0. The quantitative estimate of drug-likeness (QED) is 0.540. The first-order valence-electron chi connectivity index (χ1n) is 7.82. The molecule has 7 heteroatoms. The van der Waals surface area contributed by atoms with E-state index >= 15 is 0 Å². The summed E-state index contributed by atoms with van der Waals surface area (Å²) < 4.78 is 0. The fourth-order valence-corrected chi connectivity index (χ4v) is 2.21. The number of benzene rings is 2. The Kier molecular flexibility index (Phi) is 4.80. The third kappa shape index (κ3) is 4.15. The zero-order chi connectivity index (χ0) is 18.5. The molecule has 1 heterocycles. The number of rotatable bonds is 4. The van der Waals surface area contributed by atoms with Crippen molar-refractivity contribution in [2.24, 2.45) is 0 Å². The third-order valence-electron chi connectivity index (χ3n) is 3.55. The van der Waals surface area contributed by atoms with Gasteiger partial charge in [-0.1, -0.05) is 6.07 Å². The van der Waals surface area contributed by atoms with Crippen LogP contribution in [0.4, 0.5) is 22.7 Å². The molecule has 26 heavy (non-hydrogen) atoms. The average molecular weight is 347 g/mol. The normalized spacial score (nSPS) is 10.2. The first-order chi connectivity index (χ1) is 12.5. The van der Waals surface area contributed by atoms with Gasteiger partial charge in [-0.2, -0.15) is 0 Å². The molecule has 1 aromatic heterocycles. The molecule has 2 amide bonds. The minimum Gasteiger partial charge on any atom is -0.399 e. The SMILES string of the molecule is Nc1ccc(NC(=O)c2cccc(C(=O)Nc3ccc(N)cc3)n2)cc1. The topological polar surface area (TPSA) is 123 Å². The van der Waals surface area contributed by atoms with Gasteiger partial charge in [0.25, 0.3) is 11.8 Å². The molecule has 6 N–H and O–H groups in total. The van der Waals surface area contributed by atoms with Gasteiger partial charge in [0, 0.05) is 22.7 Å². The summed E-state index contributed by atoms with van der Waals surface area (Å²) in [6, 6.07) is 18.1. The average Bonchev–Trinajstić information content (AvgIpc) is 2.65. The smallest absolute Gasteiger partial charge is 0.274 e. The van der Waals surface area contributed by atoms with E-state index < -0.39 is 11.8 Å². The van der Waals surface area contributed by atoms with E-state index in [1.54, 1.807) is 54.6 Å². The molecule has 0 bridgehead atoms. The van der Waals surface area contributed by atoms with Gasteiger partial charge in [0.05, 0.1) is 0 Å². The van der Waals surface area contributed by atoms with E-state index in [-0.39, 0.29) is 11.4 Å². The highest BCUT2D eigenvalue weighted by atomic mass is 16.2. The van der Waals surface area contributed by atoms with Crippen LogP contribution >= 0.6 is 0 Å². The maximum Gasteiger partial charge on any atom is 0.274 e. The summed E-state index contributed by atoms with van der Waals surface area (Å²) in [7, 11) is 0. The predicted molar refractivity (Wildman–Crippen MR) is 102 cm³/mol. The third-order valence-corrected chi connectivity index (χ3v) is 3.55. The highest BCUT2D eigenvalue weighted by Crippen LogP contribution is 2.13. The predicted octanol–water partition coefficient (Wildman–Crippen LogP) is 2.75. The van der Waals surface area contributed by atoms with Gasteiger partial charge in [-0.3, -0.25) is 9.59 Å². The van der Waals surface area contributed by atoms with Gasteiger partial charge >= 0.3 is 0 Å². The second-order valence-electron chi connectivity index (χ2n) is 5.56. The molecule has 0 aliphatic heterocycles. The lowest BCUT2D eigenvalue weighted by Crippen LogP contribution is -2.18. The molecular weight excluding hydrogens is 330 g/mol.